The molecule has 0 amide bonds. The molecule has 1 aliphatic rings. The van der Waals surface area contributed by atoms with E-state index in [0.717, 1.165) is 25.2 Å². The van der Waals surface area contributed by atoms with Crippen LogP contribution in [0.4, 0.5) is 5.69 Å². The van der Waals surface area contributed by atoms with Gasteiger partial charge in [-0.3, -0.25) is 10.4 Å². The summed E-state index contributed by atoms with van der Waals surface area (Å²) in [5.41, 5.74) is 6.92. The van der Waals surface area contributed by atoms with E-state index in [4.69, 9.17) is 16.2 Å². The van der Waals surface area contributed by atoms with Crippen LogP contribution in [0.2, 0.25) is 0 Å². The maximum absolute atomic E-state index is 9.10. The van der Waals surface area contributed by atoms with Crippen molar-refractivity contribution >= 4 is 11.5 Å². The molecule has 1 aliphatic heterocycles. The van der Waals surface area contributed by atoms with E-state index in [1.54, 1.807) is 6.20 Å². The second kappa shape index (κ2) is 4.49. The van der Waals surface area contributed by atoms with Crippen LogP contribution in [0, 0.1) is 11.3 Å². The van der Waals surface area contributed by atoms with Crippen LogP contribution in [0.5, 0.6) is 0 Å². The van der Waals surface area contributed by atoms with E-state index >= 15 is 0 Å². The maximum atomic E-state index is 9.10. The standard InChI is InChI=1S/C11H16N4O/c12-11(13)10-9(2-1-4-14-10)15-5-3-8(6-15)7-16/h1-2,4,8,16H,3,5-7H2,(H3,12,13). The minimum Gasteiger partial charge on any atom is -0.396 e. The minimum atomic E-state index is -0.0111. The lowest BCUT2D eigenvalue weighted by Crippen LogP contribution is -2.25. The van der Waals surface area contributed by atoms with Crippen molar-refractivity contribution in [3.8, 4) is 0 Å². The second-order valence-corrected chi connectivity index (χ2v) is 4.07. The molecule has 0 saturated carbocycles. The highest BCUT2D eigenvalue weighted by molar-refractivity contribution is 5.98. The van der Waals surface area contributed by atoms with Gasteiger partial charge in [0.25, 0.3) is 0 Å². The zero-order valence-electron chi connectivity index (χ0n) is 9.06. The van der Waals surface area contributed by atoms with Crippen LogP contribution in [-0.4, -0.2) is 35.6 Å². The first-order valence-corrected chi connectivity index (χ1v) is 5.37. The molecule has 0 bridgehead atoms. The fourth-order valence-corrected chi connectivity index (χ4v) is 2.06. The van der Waals surface area contributed by atoms with E-state index in [0.29, 0.717) is 11.6 Å². The zero-order chi connectivity index (χ0) is 11.5. The molecule has 1 atom stereocenters. The number of nitrogens with two attached hydrogens (primary N) is 1. The number of nitrogens with zero attached hydrogens (tertiary/aromatic N) is 2. The number of nitrogen functional groups attached to an aromatic ring is 1. The Morgan fingerprint density at radius 2 is 2.50 bits per heavy atom. The molecule has 1 fully saturated rings. The number of amidine groups is 1. The SMILES string of the molecule is N=C(N)c1ncccc1N1CCC(CO)C1. The van der Waals surface area contributed by atoms with Crippen LogP contribution in [0.15, 0.2) is 18.3 Å². The number of aliphatic hydroxyl groups is 1. The number of rotatable bonds is 3. The van der Waals surface area contributed by atoms with Gasteiger partial charge in [0.15, 0.2) is 0 Å². The summed E-state index contributed by atoms with van der Waals surface area (Å²) in [7, 11) is 0. The molecule has 5 nitrogen and oxygen atoms in total. The molecule has 16 heavy (non-hydrogen) atoms. The summed E-state index contributed by atoms with van der Waals surface area (Å²) < 4.78 is 0. The first kappa shape index (κ1) is 10.9. The molecule has 1 aromatic heterocycles. The Labute approximate surface area is 94.4 Å². The molecule has 2 heterocycles. The molecule has 86 valence electrons. The number of pyridine rings is 1. The molecular formula is C11H16N4O. The van der Waals surface area contributed by atoms with Crippen molar-refractivity contribution in [3.05, 3.63) is 24.0 Å². The number of aromatic nitrogens is 1. The van der Waals surface area contributed by atoms with Gasteiger partial charge in [0.1, 0.15) is 11.5 Å². The van der Waals surface area contributed by atoms with E-state index in [-0.39, 0.29) is 12.4 Å². The Balaban J connectivity index is 2.24. The van der Waals surface area contributed by atoms with Gasteiger partial charge < -0.3 is 15.7 Å². The number of nitrogens with one attached hydrogen (secondary N) is 1. The highest BCUT2D eigenvalue weighted by Crippen LogP contribution is 2.25. The average Bonchev–Trinajstić information content (AvgIpc) is 2.77. The van der Waals surface area contributed by atoms with Gasteiger partial charge in [0, 0.05) is 31.8 Å². The van der Waals surface area contributed by atoms with E-state index in [1.165, 1.54) is 0 Å². The van der Waals surface area contributed by atoms with Crippen molar-refractivity contribution in [1.29, 1.82) is 5.41 Å². The number of hydrogen-bond acceptors (Lipinski definition) is 4. The fourth-order valence-electron chi connectivity index (χ4n) is 2.06. The maximum Gasteiger partial charge on any atom is 0.143 e. The average molecular weight is 220 g/mol. The molecule has 0 radical (unpaired) electrons. The molecule has 4 N–H and O–H groups in total. The molecule has 1 unspecified atom stereocenters. The summed E-state index contributed by atoms with van der Waals surface area (Å²) in [5.74, 6) is 0.308. The van der Waals surface area contributed by atoms with Gasteiger partial charge in [-0.05, 0) is 18.6 Å². The Morgan fingerprint density at radius 3 is 3.12 bits per heavy atom. The largest absolute Gasteiger partial charge is 0.396 e. The third kappa shape index (κ3) is 1.99. The Hall–Kier alpha value is -1.62. The Bertz CT molecular complexity index is 393. The van der Waals surface area contributed by atoms with Gasteiger partial charge in [-0.15, -0.1) is 0 Å². The lowest BCUT2D eigenvalue weighted by molar-refractivity contribution is 0.238. The first-order chi connectivity index (χ1) is 7.72. The van der Waals surface area contributed by atoms with Gasteiger partial charge in [-0.2, -0.15) is 0 Å². The highest BCUT2D eigenvalue weighted by Gasteiger charge is 2.24. The fraction of sp³-hybridized carbons (Fsp3) is 0.455. The quantitative estimate of drug-likeness (QED) is 0.501. The van der Waals surface area contributed by atoms with Gasteiger partial charge in [0.05, 0.1) is 5.69 Å². The summed E-state index contributed by atoms with van der Waals surface area (Å²) in [5, 5.41) is 16.6. The molecule has 1 aromatic rings. The molecule has 0 aliphatic carbocycles. The monoisotopic (exact) mass is 220 g/mol. The summed E-state index contributed by atoms with van der Waals surface area (Å²) in [6.45, 7) is 1.91. The normalized spacial score (nSPS) is 20.1. The molecule has 2 rings (SSSR count). The van der Waals surface area contributed by atoms with Crippen molar-refractivity contribution in [2.75, 3.05) is 24.6 Å². The summed E-state index contributed by atoms with van der Waals surface area (Å²) in [4.78, 5) is 6.25. The summed E-state index contributed by atoms with van der Waals surface area (Å²) >= 11 is 0. The van der Waals surface area contributed by atoms with Crippen LogP contribution < -0.4 is 10.6 Å². The first-order valence-electron chi connectivity index (χ1n) is 5.37. The van der Waals surface area contributed by atoms with Crippen molar-refractivity contribution < 1.29 is 5.11 Å². The third-order valence-corrected chi connectivity index (χ3v) is 2.93. The van der Waals surface area contributed by atoms with E-state index < -0.39 is 0 Å². The predicted octanol–water partition coefficient (Wildman–Crippen LogP) is 0.184. The number of hydrogen-bond donors (Lipinski definition) is 3. The van der Waals surface area contributed by atoms with Crippen molar-refractivity contribution in [1.82, 2.24) is 4.98 Å². The van der Waals surface area contributed by atoms with Crippen LogP contribution in [-0.2, 0) is 0 Å². The number of anilines is 1. The number of aliphatic hydroxyl groups excluding tert-OH is 1. The topological polar surface area (TPSA) is 86.2 Å². The predicted molar refractivity (Wildman–Crippen MR) is 62.7 cm³/mol. The smallest absolute Gasteiger partial charge is 0.143 e. The molecule has 0 aromatic carbocycles. The summed E-state index contributed by atoms with van der Waals surface area (Å²) in [6.07, 6.45) is 2.61. The molecule has 0 spiro atoms. The van der Waals surface area contributed by atoms with Gasteiger partial charge >= 0.3 is 0 Å². The lowest BCUT2D eigenvalue weighted by atomic mass is 10.1. The Kier molecular flexibility index (Phi) is 3.05. The third-order valence-electron chi connectivity index (χ3n) is 2.93. The molecule has 1 saturated heterocycles. The lowest BCUT2D eigenvalue weighted by Gasteiger charge is -2.20. The summed E-state index contributed by atoms with van der Waals surface area (Å²) in [6, 6.07) is 3.76. The molecular weight excluding hydrogens is 204 g/mol. The van der Waals surface area contributed by atoms with E-state index in [2.05, 4.69) is 9.88 Å². The van der Waals surface area contributed by atoms with Gasteiger partial charge in [-0.1, -0.05) is 0 Å². The Morgan fingerprint density at radius 1 is 1.69 bits per heavy atom. The minimum absolute atomic E-state index is 0.0111. The highest BCUT2D eigenvalue weighted by atomic mass is 16.3. The van der Waals surface area contributed by atoms with Gasteiger partial charge in [-0.25, -0.2) is 0 Å². The van der Waals surface area contributed by atoms with Crippen LogP contribution in [0.1, 0.15) is 12.1 Å². The van der Waals surface area contributed by atoms with Crippen molar-refractivity contribution in [3.63, 3.8) is 0 Å². The van der Waals surface area contributed by atoms with Crippen LogP contribution >= 0.6 is 0 Å². The zero-order valence-corrected chi connectivity index (χ0v) is 9.06. The van der Waals surface area contributed by atoms with Crippen molar-refractivity contribution in [2.24, 2.45) is 11.7 Å². The van der Waals surface area contributed by atoms with Crippen LogP contribution in [0.25, 0.3) is 0 Å². The van der Waals surface area contributed by atoms with Gasteiger partial charge in [0.2, 0.25) is 0 Å². The molecule has 5 heteroatoms. The van der Waals surface area contributed by atoms with Crippen molar-refractivity contribution in [2.45, 2.75) is 6.42 Å². The van der Waals surface area contributed by atoms with E-state index in [1.807, 2.05) is 12.1 Å². The second-order valence-electron chi connectivity index (χ2n) is 4.07. The van der Waals surface area contributed by atoms with E-state index in [9.17, 15) is 0 Å². The van der Waals surface area contributed by atoms with Crippen LogP contribution in [0.3, 0.4) is 0 Å².